The van der Waals surface area contributed by atoms with Crippen molar-refractivity contribution in [3.05, 3.63) is 28.0 Å². The summed E-state index contributed by atoms with van der Waals surface area (Å²) in [5.74, 6) is 0.954. The van der Waals surface area contributed by atoms with Gasteiger partial charge in [-0.05, 0) is 52.9 Å². The zero-order valence-corrected chi connectivity index (χ0v) is 10.5. The van der Waals surface area contributed by atoms with Crippen molar-refractivity contribution in [3.63, 3.8) is 0 Å². The van der Waals surface area contributed by atoms with Crippen LogP contribution in [0.1, 0.15) is 31.0 Å². The maximum Gasteiger partial charge on any atom is 0.0514 e. The topological polar surface area (TPSA) is 38.9 Å². The summed E-state index contributed by atoms with van der Waals surface area (Å²) < 4.78 is 1.06. The quantitative estimate of drug-likeness (QED) is 0.904. The lowest BCUT2D eigenvalue weighted by Gasteiger charge is -2.19. The van der Waals surface area contributed by atoms with Crippen LogP contribution < -0.4 is 5.73 Å². The van der Waals surface area contributed by atoms with Gasteiger partial charge in [0.2, 0.25) is 0 Å². The number of halogens is 1. The minimum absolute atomic E-state index is 0.402. The van der Waals surface area contributed by atoms with Crippen LogP contribution >= 0.6 is 15.9 Å². The van der Waals surface area contributed by atoms with Crippen molar-refractivity contribution in [2.75, 3.05) is 6.54 Å². The first-order chi connectivity index (χ1) is 6.56. The van der Waals surface area contributed by atoms with Crippen LogP contribution in [0.4, 0.5) is 0 Å². The summed E-state index contributed by atoms with van der Waals surface area (Å²) in [6.07, 6.45) is 1.93. The van der Waals surface area contributed by atoms with E-state index in [-0.39, 0.29) is 0 Å². The number of nitrogens with zero attached hydrogens (tertiary/aromatic N) is 1. The predicted molar refractivity (Wildman–Crippen MR) is 63.3 cm³/mol. The molecule has 0 aromatic carbocycles. The Hall–Kier alpha value is -0.410. The normalized spacial score (nSPS) is 13.3. The van der Waals surface area contributed by atoms with E-state index >= 15 is 0 Å². The second-order valence-electron chi connectivity index (χ2n) is 3.92. The lowest BCUT2D eigenvalue weighted by molar-refractivity contribution is 0.504. The van der Waals surface area contributed by atoms with Gasteiger partial charge in [-0.25, -0.2) is 0 Å². The highest BCUT2D eigenvalue weighted by Gasteiger charge is 2.14. The molecule has 1 aromatic heterocycles. The van der Waals surface area contributed by atoms with Crippen molar-refractivity contribution >= 4 is 15.9 Å². The van der Waals surface area contributed by atoms with Crippen molar-refractivity contribution in [2.45, 2.75) is 26.7 Å². The minimum Gasteiger partial charge on any atom is -0.330 e. The molecule has 1 unspecified atom stereocenters. The fraction of sp³-hybridized carbons (Fsp3) is 0.545. The summed E-state index contributed by atoms with van der Waals surface area (Å²) in [5.41, 5.74) is 7.99. The molecule has 0 aliphatic carbocycles. The van der Waals surface area contributed by atoms with Gasteiger partial charge < -0.3 is 5.73 Å². The number of aromatic nitrogens is 1. The Labute approximate surface area is 94.0 Å². The Balaban J connectivity index is 3.00. The average Bonchev–Trinajstić information content (AvgIpc) is 2.11. The summed E-state index contributed by atoms with van der Waals surface area (Å²) in [6, 6.07) is 2.12. The van der Waals surface area contributed by atoms with Gasteiger partial charge in [-0.1, -0.05) is 13.8 Å². The smallest absolute Gasteiger partial charge is 0.0514 e. The highest BCUT2D eigenvalue weighted by molar-refractivity contribution is 9.10. The van der Waals surface area contributed by atoms with Gasteiger partial charge in [0.1, 0.15) is 0 Å². The molecule has 0 saturated carbocycles. The fourth-order valence-corrected chi connectivity index (χ4v) is 1.88. The van der Waals surface area contributed by atoms with Crippen LogP contribution in [0.25, 0.3) is 0 Å². The molecule has 3 heteroatoms. The summed E-state index contributed by atoms with van der Waals surface area (Å²) in [7, 11) is 0. The van der Waals surface area contributed by atoms with Crippen LogP contribution in [0, 0.1) is 12.8 Å². The van der Waals surface area contributed by atoms with E-state index in [2.05, 4.69) is 40.8 Å². The Kier molecular flexibility index (Phi) is 4.08. The van der Waals surface area contributed by atoms with Crippen LogP contribution in [0.15, 0.2) is 16.7 Å². The van der Waals surface area contributed by atoms with Gasteiger partial charge in [-0.3, -0.25) is 4.98 Å². The first-order valence-electron chi connectivity index (χ1n) is 4.88. The molecule has 0 bridgehead atoms. The van der Waals surface area contributed by atoms with Crippen molar-refractivity contribution < 1.29 is 0 Å². The summed E-state index contributed by atoms with van der Waals surface area (Å²) in [4.78, 5) is 4.33. The first-order valence-corrected chi connectivity index (χ1v) is 5.67. The van der Waals surface area contributed by atoms with Gasteiger partial charge >= 0.3 is 0 Å². The van der Waals surface area contributed by atoms with Crippen LogP contribution in [-0.4, -0.2) is 11.5 Å². The van der Waals surface area contributed by atoms with Crippen LogP contribution in [0.5, 0.6) is 0 Å². The third kappa shape index (κ3) is 2.55. The van der Waals surface area contributed by atoms with Crippen molar-refractivity contribution in [3.8, 4) is 0 Å². The van der Waals surface area contributed by atoms with Gasteiger partial charge in [0, 0.05) is 10.7 Å². The molecule has 0 radical (unpaired) electrons. The third-order valence-electron chi connectivity index (χ3n) is 2.53. The zero-order valence-electron chi connectivity index (χ0n) is 8.92. The van der Waals surface area contributed by atoms with Crippen LogP contribution in [0.3, 0.4) is 0 Å². The molecule has 1 heterocycles. The molecule has 0 saturated heterocycles. The average molecular weight is 257 g/mol. The van der Waals surface area contributed by atoms with E-state index in [0.29, 0.717) is 18.4 Å². The number of pyridine rings is 1. The summed E-state index contributed by atoms with van der Waals surface area (Å²) in [5, 5.41) is 0. The Morgan fingerprint density at radius 2 is 2.14 bits per heavy atom. The van der Waals surface area contributed by atoms with E-state index < -0.39 is 0 Å². The van der Waals surface area contributed by atoms with Crippen LogP contribution in [-0.2, 0) is 0 Å². The third-order valence-corrected chi connectivity index (χ3v) is 3.34. The second kappa shape index (κ2) is 4.89. The standard InChI is InChI=1S/C11H17BrN2/c1-7(2)10(5-13)9-4-11(12)8(3)14-6-9/h4,6-7,10H,5,13H2,1-3H3. The van der Waals surface area contributed by atoms with Gasteiger partial charge in [-0.15, -0.1) is 0 Å². The van der Waals surface area contributed by atoms with E-state index in [1.165, 1.54) is 5.56 Å². The molecule has 78 valence electrons. The number of hydrogen-bond acceptors (Lipinski definition) is 2. The van der Waals surface area contributed by atoms with Crippen molar-refractivity contribution in [2.24, 2.45) is 11.7 Å². The number of aryl methyl sites for hydroxylation is 1. The fourth-order valence-electron chi connectivity index (χ4n) is 1.52. The van der Waals surface area contributed by atoms with Gasteiger partial charge in [0.15, 0.2) is 0 Å². The maximum absolute atomic E-state index is 5.75. The second-order valence-corrected chi connectivity index (χ2v) is 4.78. The predicted octanol–water partition coefficient (Wildman–Crippen LogP) is 2.85. The van der Waals surface area contributed by atoms with E-state index in [1.807, 2.05) is 13.1 Å². The number of rotatable bonds is 3. The highest BCUT2D eigenvalue weighted by atomic mass is 79.9. The largest absolute Gasteiger partial charge is 0.330 e. The monoisotopic (exact) mass is 256 g/mol. The Morgan fingerprint density at radius 1 is 1.50 bits per heavy atom. The van der Waals surface area contributed by atoms with E-state index in [1.54, 1.807) is 0 Å². The molecular weight excluding hydrogens is 240 g/mol. The summed E-state index contributed by atoms with van der Waals surface area (Å²) >= 11 is 3.49. The highest BCUT2D eigenvalue weighted by Crippen LogP contribution is 2.25. The Bertz CT molecular complexity index is 310. The molecule has 14 heavy (non-hydrogen) atoms. The molecule has 0 spiro atoms. The molecule has 1 aromatic rings. The van der Waals surface area contributed by atoms with Crippen LogP contribution in [0.2, 0.25) is 0 Å². The lowest BCUT2D eigenvalue weighted by Crippen LogP contribution is -2.18. The minimum atomic E-state index is 0.402. The molecule has 2 N–H and O–H groups in total. The number of hydrogen-bond donors (Lipinski definition) is 1. The first kappa shape index (κ1) is 11.7. The lowest BCUT2D eigenvalue weighted by atomic mass is 9.89. The van der Waals surface area contributed by atoms with E-state index in [0.717, 1.165) is 10.2 Å². The molecule has 0 fully saturated rings. The molecule has 0 aliphatic rings. The Morgan fingerprint density at radius 3 is 2.57 bits per heavy atom. The molecule has 1 atom stereocenters. The zero-order chi connectivity index (χ0) is 10.7. The molecule has 1 rings (SSSR count). The van der Waals surface area contributed by atoms with Gasteiger partial charge in [0.05, 0.1) is 5.69 Å². The van der Waals surface area contributed by atoms with Crippen molar-refractivity contribution in [1.82, 2.24) is 4.98 Å². The van der Waals surface area contributed by atoms with Gasteiger partial charge in [-0.2, -0.15) is 0 Å². The van der Waals surface area contributed by atoms with E-state index in [9.17, 15) is 0 Å². The molecule has 0 aliphatic heterocycles. The molecule has 2 nitrogen and oxygen atoms in total. The summed E-state index contributed by atoms with van der Waals surface area (Å²) in [6.45, 7) is 7.03. The van der Waals surface area contributed by atoms with Crippen molar-refractivity contribution in [1.29, 1.82) is 0 Å². The number of nitrogens with two attached hydrogens (primary N) is 1. The van der Waals surface area contributed by atoms with E-state index in [4.69, 9.17) is 5.73 Å². The SMILES string of the molecule is Cc1ncc(C(CN)C(C)C)cc1Br. The van der Waals surface area contributed by atoms with Gasteiger partial charge in [0.25, 0.3) is 0 Å². The molecule has 0 amide bonds. The molecular formula is C11H17BrN2. The maximum atomic E-state index is 5.75.